The zero-order chi connectivity index (χ0) is 13.3. The molecule has 3 rings (SSSR count). The normalized spacial score (nSPS) is 26.0. The fourth-order valence-corrected chi connectivity index (χ4v) is 4.59. The van der Waals surface area contributed by atoms with Crippen LogP contribution in [0.3, 0.4) is 0 Å². The molecule has 2 heterocycles. The van der Waals surface area contributed by atoms with E-state index in [1.165, 1.54) is 12.8 Å². The summed E-state index contributed by atoms with van der Waals surface area (Å²) < 4.78 is 26.6. The molecule has 2 fully saturated rings. The van der Waals surface area contributed by atoms with Crippen LogP contribution in [0.2, 0.25) is 0 Å². The highest BCUT2D eigenvalue weighted by Crippen LogP contribution is 2.25. The first kappa shape index (κ1) is 13.1. The van der Waals surface area contributed by atoms with Gasteiger partial charge in [0.2, 0.25) is 10.0 Å². The Hall–Kier alpha value is -0.910. The summed E-state index contributed by atoms with van der Waals surface area (Å²) in [5.74, 6) is 0. The fourth-order valence-electron chi connectivity index (χ4n) is 3.08. The van der Waals surface area contributed by atoms with Gasteiger partial charge >= 0.3 is 0 Å². The van der Waals surface area contributed by atoms with Crippen LogP contribution in [0.15, 0.2) is 35.2 Å². The first-order valence-electron chi connectivity index (χ1n) is 6.97. The van der Waals surface area contributed by atoms with E-state index < -0.39 is 10.0 Å². The minimum atomic E-state index is -3.29. The summed E-state index contributed by atoms with van der Waals surface area (Å²) in [5, 5.41) is 0. The molecule has 1 atom stereocenters. The van der Waals surface area contributed by atoms with Gasteiger partial charge in [-0.2, -0.15) is 4.31 Å². The van der Waals surface area contributed by atoms with Crippen LogP contribution < -0.4 is 0 Å². The summed E-state index contributed by atoms with van der Waals surface area (Å²) in [6, 6.07) is 9.18. The molecule has 2 aliphatic rings. The lowest BCUT2D eigenvalue weighted by Gasteiger charge is -2.23. The van der Waals surface area contributed by atoms with Gasteiger partial charge in [-0.25, -0.2) is 8.42 Å². The molecule has 0 spiro atoms. The van der Waals surface area contributed by atoms with Crippen molar-refractivity contribution in [1.82, 2.24) is 9.21 Å². The smallest absolute Gasteiger partial charge is 0.243 e. The molecule has 0 N–H and O–H groups in total. The number of benzene rings is 1. The van der Waals surface area contributed by atoms with Gasteiger partial charge in [0, 0.05) is 19.1 Å². The first-order valence-corrected chi connectivity index (χ1v) is 8.41. The van der Waals surface area contributed by atoms with Crippen molar-refractivity contribution in [2.45, 2.75) is 30.2 Å². The van der Waals surface area contributed by atoms with Crippen LogP contribution in [0.4, 0.5) is 0 Å². The highest BCUT2D eigenvalue weighted by Gasteiger charge is 2.35. The second-order valence-corrected chi connectivity index (χ2v) is 7.30. The van der Waals surface area contributed by atoms with Crippen molar-refractivity contribution < 1.29 is 8.42 Å². The summed E-state index contributed by atoms with van der Waals surface area (Å²) in [6.45, 7) is 3.56. The molecule has 0 bridgehead atoms. The lowest BCUT2D eigenvalue weighted by atomic mass is 10.2. The van der Waals surface area contributed by atoms with Crippen molar-refractivity contribution >= 4 is 10.0 Å². The first-order chi connectivity index (χ1) is 9.18. The zero-order valence-corrected chi connectivity index (χ0v) is 11.8. The van der Waals surface area contributed by atoms with Crippen molar-refractivity contribution in [3.8, 4) is 0 Å². The molecule has 1 aromatic rings. The number of likely N-dealkylation sites (tertiary alicyclic amines) is 1. The van der Waals surface area contributed by atoms with E-state index in [1.54, 1.807) is 28.6 Å². The van der Waals surface area contributed by atoms with Gasteiger partial charge in [0.1, 0.15) is 0 Å². The minimum Gasteiger partial charge on any atom is -0.299 e. The van der Waals surface area contributed by atoms with Gasteiger partial charge in [-0.05, 0) is 44.5 Å². The largest absolute Gasteiger partial charge is 0.299 e. The molecular weight excluding hydrogens is 260 g/mol. The number of nitrogens with zero attached hydrogens (tertiary/aromatic N) is 2. The Bertz CT molecular complexity index is 524. The van der Waals surface area contributed by atoms with Crippen molar-refractivity contribution in [2.75, 3.05) is 26.2 Å². The molecule has 0 amide bonds. The van der Waals surface area contributed by atoms with Crippen LogP contribution in [0.5, 0.6) is 0 Å². The van der Waals surface area contributed by atoms with E-state index in [0.717, 1.165) is 19.5 Å². The molecule has 0 aliphatic carbocycles. The van der Waals surface area contributed by atoms with Crippen LogP contribution in [-0.4, -0.2) is 49.8 Å². The van der Waals surface area contributed by atoms with E-state index in [0.29, 0.717) is 24.0 Å². The molecule has 0 radical (unpaired) electrons. The third-order valence-corrected chi connectivity index (χ3v) is 6.04. The molecule has 0 aromatic heterocycles. The van der Waals surface area contributed by atoms with Gasteiger partial charge in [-0.1, -0.05) is 18.2 Å². The Kier molecular flexibility index (Phi) is 3.60. The molecule has 104 valence electrons. The zero-order valence-electron chi connectivity index (χ0n) is 11.0. The van der Waals surface area contributed by atoms with Crippen molar-refractivity contribution in [3.63, 3.8) is 0 Å². The summed E-state index contributed by atoms with van der Waals surface area (Å²) >= 11 is 0. The molecule has 1 aromatic carbocycles. The molecule has 4 nitrogen and oxygen atoms in total. The fraction of sp³-hybridized carbons (Fsp3) is 0.571. The van der Waals surface area contributed by atoms with Gasteiger partial charge in [-0.3, -0.25) is 4.90 Å². The Balaban J connectivity index is 1.73. The van der Waals surface area contributed by atoms with E-state index in [9.17, 15) is 8.42 Å². The molecular formula is C14H20N2O2S. The summed E-state index contributed by atoms with van der Waals surface area (Å²) in [5.41, 5.74) is 0. The third kappa shape index (κ3) is 2.55. The molecule has 0 saturated carbocycles. The average Bonchev–Trinajstić information content (AvgIpc) is 3.10. The topological polar surface area (TPSA) is 40.6 Å². The van der Waals surface area contributed by atoms with E-state index in [-0.39, 0.29) is 0 Å². The monoisotopic (exact) mass is 280 g/mol. The number of sulfonamides is 1. The Morgan fingerprint density at radius 1 is 1.00 bits per heavy atom. The minimum absolute atomic E-state index is 0.414. The highest BCUT2D eigenvalue weighted by atomic mass is 32.2. The lowest BCUT2D eigenvalue weighted by molar-refractivity contribution is 0.251. The second kappa shape index (κ2) is 5.23. The number of hydrogen-bond acceptors (Lipinski definition) is 3. The maximum Gasteiger partial charge on any atom is 0.243 e. The van der Waals surface area contributed by atoms with Crippen molar-refractivity contribution in [1.29, 1.82) is 0 Å². The average molecular weight is 280 g/mol. The summed E-state index contributed by atoms with van der Waals surface area (Å²) in [7, 11) is -3.29. The van der Waals surface area contributed by atoms with Gasteiger partial charge < -0.3 is 0 Å². The predicted molar refractivity (Wildman–Crippen MR) is 74.4 cm³/mol. The maximum absolute atomic E-state index is 12.5. The molecule has 2 aliphatic heterocycles. The Morgan fingerprint density at radius 3 is 2.37 bits per heavy atom. The lowest BCUT2D eigenvalue weighted by Crippen LogP contribution is -2.37. The van der Waals surface area contributed by atoms with Gasteiger partial charge in [0.15, 0.2) is 0 Å². The molecule has 1 unspecified atom stereocenters. The van der Waals surface area contributed by atoms with Crippen LogP contribution in [0.1, 0.15) is 19.3 Å². The van der Waals surface area contributed by atoms with Crippen LogP contribution in [-0.2, 0) is 10.0 Å². The number of rotatable bonds is 3. The van der Waals surface area contributed by atoms with Gasteiger partial charge in [0.05, 0.1) is 4.90 Å². The Morgan fingerprint density at radius 2 is 1.68 bits per heavy atom. The third-order valence-electron chi connectivity index (χ3n) is 4.16. The van der Waals surface area contributed by atoms with Gasteiger partial charge in [0.25, 0.3) is 0 Å². The summed E-state index contributed by atoms with van der Waals surface area (Å²) in [4.78, 5) is 2.86. The van der Waals surface area contributed by atoms with E-state index >= 15 is 0 Å². The van der Waals surface area contributed by atoms with E-state index in [1.807, 2.05) is 6.07 Å². The van der Waals surface area contributed by atoms with E-state index in [2.05, 4.69) is 4.90 Å². The second-order valence-electron chi connectivity index (χ2n) is 5.36. The van der Waals surface area contributed by atoms with Crippen LogP contribution >= 0.6 is 0 Å². The molecule has 2 saturated heterocycles. The highest BCUT2D eigenvalue weighted by molar-refractivity contribution is 7.89. The van der Waals surface area contributed by atoms with Crippen molar-refractivity contribution in [3.05, 3.63) is 30.3 Å². The maximum atomic E-state index is 12.5. The quantitative estimate of drug-likeness (QED) is 0.843. The van der Waals surface area contributed by atoms with Gasteiger partial charge in [-0.15, -0.1) is 0 Å². The van der Waals surface area contributed by atoms with Crippen LogP contribution in [0, 0.1) is 0 Å². The molecule has 5 heteroatoms. The van der Waals surface area contributed by atoms with Crippen molar-refractivity contribution in [2.24, 2.45) is 0 Å². The number of hydrogen-bond donors (Lipinski definition) is 0. The predicted octanol–water partition coefficient (Wildman–Crippen LogP) is 1.55. The summed E-state index contributed by atoms with van der Waals surface area (Å²) in [6.07, 6.45) is 3.47. The molecule has 19 heavy (non-hydrogen) atoms. The van der Waals surface area contributed by atoms with E-state index in [4.69, 9.17) is 0 Å². The standard InChI is InChI=1S/C14H20N2O2S/c17-19(18,14-6-2-1-3-7-14)16-11-8-13(12-16)15-9-4-5-10-15/h1-3,6-7,13H,4-5,8-12H2. The Labute approximate surface area is 115 Å². The SMILES string of the molecule is O=S(=O)(c1ccccc1)N1CCC(N2CCCC2)C1. The van der Waals surface area contributed by atoms with Crippen LogP contribution in [0.25, 0.3) is 0 Å².